The van der Waals surface area contributed by atoms with Gasteiger partial charge in [-0.3, -0.25) is 0 Å². The highest BCUT2D eigenvalue weighted by Gasteiger charge is 2.00. The fourth-order valence-electron chi connectivity index (χ4n) is 1.10. The number of anilines is 1. The van der Waals surface area contributed by atoms with E-state index in [2.05, 4.69) is 20.9 Å². The van der Waals surface area contributed by atoms with Crippen molar-refractivity contribution in [2.45, 2.75) is 6.61 Å². The van der Waals surface area contributed by atoms with Crippen LogP contribution < -0.4 is 10.5 Å². The predicted molar refractivity (Wildman–Crippen MR) is 65.0 cm³/mol. The lowest BCUT2D eigenvalue weighted by Crippen LogP contribution is -1.92. The molecule has 1 aromatic heterocycles. The number of benzene rings is 1. The van der Waals surface area contributed by atoms with E-state index in [0.717, 1.165) is 15.1 Å². The number of ether oxygens (including phenoxy) is 1. The Morgan fingerprint density at radius 1 is 1.47 bits per heavy atom. The second-order valence-electron chi connectivity index (χ2n) is 2.91. The molecule has 0 spiro atoms. The molecule has 0 saturated heterocycles. The Labute approximate surface area is 100 Å². The van der Waals surface area contributed by atoms with Gasteiger partial charge >= 0.3 is 0 Å². The maximum atomic E-state index is 5.57. The van der Waals surface area contributed by atoms with Crippen molar-refractivity contribution in [3.8, 4) is 5.75 Å². The van der Waals surface area contributed by atoms with Gasteiger partial charge in [0, 0.05) is 10.7 Å². The summed E-state index contributed by atoms with van der Waals surface area (Å²) in [5.74, 6) is 0.830. The highest BCUT2D eigenvalue weighted by molar-refractivity contribution is 9.10. The molecule has 0 radical (unpaired) electrons. The molecule has 0 amide bonds. The third-order valence-corrected chi connectivity index (χ3v) is 3.04. The highest BCUT2D eigenvalue weighted by atomic mass is 79.9. The number of aromatic nitrogens is 1. The lowest BCUT2D eigenvalue weighted by molar-refractivity contribution is 0.309. The molecule has 0 atom stereocenters. The van der Waals surface area contributed by atoms with Crippen LogP contribution >= 0.6 is 27.3 Å². The Morgan fingerprint density at radius 2 is 2.33 bits per heavy atom. The van der Waals surface area contributed by atoms with Gasteiger partial charge in [-0.1, -0.05) is 33.3 Å². The van der Waals surface area contributed by atoms with Crippen molar-refractivity contribution < 1.29 is 4.74 Å². The molecule has 5 heteroatoms. The number of hydrogen-bond donors (Lipinski definition) is 1. The van der Waals surface area contributed by atoms with Gasteiger partial charge in [-0.05, 0) is 18.2 Å². The molecule has 2 aromatic rings. The number of nitrogens with two attached hydrogens (primary N) is 1. The predicted octanol–water partition coefficient (Wildman–Crippen LogP) is 3.07. The zero-order valence-electron chi connectivity index (χ0n) is 7.81. The third kappa shape index (κ3) is 2.94. The fourth-order valence-corrected chi connectivity index (χ4v) is 2.08. The van der Waals surface area contributed by atoms with E-state index in [4.69, 9.17) is 10.5 Å². The van der Waals surface area contributed by atoms with E-state index in [1.807, 2.05) is 24.3 Å². The molecule has 0 aliphatic rings. The van der Waals surface area contributed by atoms with Crippen LogP contribution in [0.5, 0.6) is 5.75 Å². The molecule has 1 heterocycles. The third-order valence-electron chi connectivity index (χ3n) is 1.75. The Balaban J connectivity index is 1.99. The van der Waals surface area contributed by atoms with Crippen molar-refractivity contribution in [1.82, 2.24) is 4.98 Å². The molecule has 0 bridgehead atoms. The summed E-state index contributed by atoms with van der Waals surface area (Å²) in [4.78, 5) is 4.97. The van der Waals surface area contributed by atoms with Crippen molar-refractivity contribution in [3.63, 3.8) is 0 Å². The zero-order chi connectivity index (χ0) is 10.7. The molecule has 0 saturated carbocycles. The number of rotatable bonds is 3. The number of thiazole rings is 1. The second-order valence-corrected chi connectivity index (χ2v) is 4.97. The molecule has 2 rings (SSSR count). The lowest BCUT2D eigenvalue weighted by Gasteiger charge is -2.03. The molecular weight excluding hydrogens is 276 g/mol. The van der Waals surface area contributed by atoms with Gasteiger partial charge in [-0.2, -0.15) is 0 Å². The normalized spacial score (nSPS) is 10.2. The monoisotopic (exact) mass is 284 g/mol. The zero-order valence-corrected chi connectivity index (χ0v) is 10.2. The first-order valence-electron chi connectivity index (χ1n) is 4.32. The molecular formula is C10H9BrN2OS. The van der Waals surface area contributed by atoms with Gasteiger partial charge in [0.05, 0.1) is 4.88 Å². The van der Waals surface area contributed by atoms with Gasteiger partial charge < -0.3 is 10.5 Å². The molecule has 2 N–H and O–H groups in total. The summed E-state index contributed by atoms with van der Waals surface area (Å²) in [5, 5.41) is 0.572. The first kappa shape index (κ1) is 10.4. The summed E-state index contributed by atoms with van der Waals surface area (Å²) >= 11 is 4.82. The molecule has 0 aliphatic carbocycles. The van der Waals surface area contributed by atoms with Crippen LogP contribution in [0.4, 0.5) is 5.13 Å². The van der Waals surface area contributed by atoms with Crippen molar-refractivity contribution in [2.24, 2.45) is 0 Å². The van der Waals surface area contributed by atoms with Gasteiger partial charge in [0.15, 0.2) is 5.13 Å². The summed E-state index contributed by atoms with van der Waals surface area (Å²) in [6.45, 7) is 0.505. The van der Waals surface area contributed by atoms with Crippen LogP contribution in [0.2, 0.25) is 0 Å². The van der Waals surface area contributed by atoms with E-state index in [0.29, 0.717) is 11.7 Å². The smallest absolute Gasteiger partial charge is 0.180 e. The van der Waals surface area contributed by atoms with Crippen LogP contribution in [0.15, 0.2) is 34.9 Å². The molecule has 0 fully saturated rings. The van der Waals surface area contributed by atoms with Crippen molar-refractivity contribution in [3.05, 3.63) is 39.8 Å². The average molecular weight is 285 g/mol. The van der Waals surface area contributed by atoms with Crippen LogP contribution in [0.3, 0.4) is 0 Å². The van der Waals surface area contributed by atoms with Crippen LogP contribution in [0, 0.1) is 0 Å². The van der Waals surface area contributed by atoms with Crippen molar-refractivity contribution >= 4 is 32.4 Å². The topological polar surface area (TPSA) is 48.1 Å². The summed E-state index contributed by atoms with van der Waals surface area (Å²) in [5.41, 5.74) is 5.52. The van der Waals surface area contributed by atoms with E-state index < -0.39 is 0 Å². The minimum atomic E-state index is 0.505. The summed E-state index contributed by atoms with van der Waals surface area (Å²) in [7, 11) is 0. The molecule has 3 nitrogen and oxygen atoms in total. The van der Waals surface area contributed by atoms with Gasteiger partial charge in [-0.15, -0.1) is 0 Å². The Morgan fingerprint density at radius 3 is 3.00 bits per heavy atom. The van der Waals surface area contributed by atoms with Gasteiger partial charge in [0.1, 0.15) is 12.4 Å². The maximum absolute atomic E-state index is 5.57. The summed E-state index contributed by atoms with van der Waals surface area (Å²) < 4.78 is 6.57. The fraction of sp³-hybridized carbons (Fsp3) is 0.100. The average Bonchev–Trinajstić information content (AvgIpc) is 2.62. The first-order valence-corrected chi connectivity index (χ1v) is 5.93. The van der Waals surface area contributed by atoms with Gasteiger partial charge in [0.2, 0.25) is 0 Å². The van der Waals surface area contributed by atoms with E-state index >= 15 is 0 Å². The van der Waals surface area contributed by atoms with E-state index in [1.165, 1.54) is 11.3 Å². The van der Waals surface area contributed by atoms with Crippen LogP contribution in [0.1, 0.15) is 4.88 Å². The Hall–Kier alpha value is -1.07. The summed E-state index contributed by atoms with van der Waals surface area (Å²) in [6.07, 6.45) is 1.73. The lowest BCUT2D eigenvalue weighted by atomic mass is 10.3. The van der Waals surface area contributed by atoms with Gasteiger partial charge in [-0.25, -0.2) is 4.98 Å². The number of nitrogens with zero attached hydrogens (tertiary/aromatic N) is 1. The molecule has 78 valence electrons. The minimum Gasteiger partial charge on any atom is -0.488 e. The van der Waals surface area contributed by atoms with Crippen molar-refractivity contribution in [1.29, 1.82) is 0 Å². The molecule has 15 heavy (non-hydrogen) atoms. The minimum absolute atomic E-state index is 0.505. The number of hydrogen-bond acceptors (Lipinski definition) is 4. The van der Waals surface area contributed by atoms with Crippen LogP contribution in [-0.4, -0.2) is 4.98 Å². The van der Waals surface area contributed by atoms with E-state index in [9.17, 15) is 0 Å². The Kier molecular flexibility index (Phi) is 3.23. The Bertz CT molecular complexity index is 458. The number of halogens is 1. The van der Waals surface area contributed by atoms with Crippen LogP contribution in [0.25, 0.3) is 0 Å². The largest absolute Gasteiger partial charge is 0.488 e. The van der Waals surface area contributed by atoms with E-state index in [1.54, 1.807) is 6.20 Å². The quantitative estimate of drug-likeness (QED) is 0.942. The molecule has 0 unspecified atom stereocenters. The first-order chi connectivity index (χ1) is 7.24. The summed E-state index contributed by atoms with van der Waals surface area (Å²) in [6, 6.07) is 7.72. The highest BCUT2D eigenvalue weighted by Crippen LogP contribution is 2.21. The maximum Gasteiger partial charge on any atom is 0.180 e. The molecule has 1 aromatic carbocycles. The molecule has 0 aliphatic heterocycles. The van der Waals surface area contributed by atoms with Crippen LogP contribution in [-0.2, 0) is 6.61 Å². The van der Waals surface area contributed by atoms with Crippen molar-refractivity contribution in [2.75, 3.05) is 5.73 Å². The SMILES string of the molecule is Nc1ncc(COc2cccc(Br)c2)s1. The number of nitrogen functional groups attached to an aromatic ring is 1. The van der Waals surface area contributed by atoms with Gasteiger partial charge in [0.25, 0.3) is 0 Å². The second kappa shape index (κ2) is 4.63. The standard InChI is InChI=1S/C10H9BrN2OS/c11-7-2-1-3-8(4-7)14-6-9-5-13-10(12)15-9/h1-5H,6H2,(H2,12,13). The van der Waals surface area contributed by atoms with E-state index in [-0.39, 0.29) is 0 Å².